The first-order valence-electron chi connectivity index (χ1n) is 9.95. The van der Waals surface area contributed by atoms with Crippen LogP contribution in [0.25, 0.3) is 0 Å². The molecule has 154 valence electrons. The van der Waals surface area contributed by atoms with Crippen LogP contribution >= 0.6 is 0 Å². The second kappa shape index (κ2) is 8.61. The lowest BCUT2D eigenvalue weighted by Crippen LogP contribution is -2.49. The zero-order chi connectivity index (χ0) is 20.3. The van der Waals surface area contributed by atoms with Crippen LogP contribution in [-0.2, 0) is 14.8 Å². The average molecular weight is 408 g/mol. The fourth-order valence-corrected chi connectivity index (χ4v) is 5.44. The molecular weight excluding hydrogens is 378 g/mol. The Bertz CT molecular complexity index is 832. The summed E-state index contributed by atoms with van der Waals surface area (Å²) in [7, 11) is -3.70. The number of amides is 2. The van der Waals surface area contributed by atoms with E-state index in [1.54, 1.807) is 17.0 Å². The maximum Gasteiger partial charge on any atom is 0.251 e. The fraction of sp³-hybridized carbons (Fsp3) is 0.600. The number of sulfonamides is 1. The lowest BCUT2D eigenvalue weighted by molar-refractivity contribution is -0.129. The largest absolute Gasteiger partial charge is 0.349 e. The topological polar surface area (TPSA) is 86.8 Å². The van der Waals surface area contributed by atoms with Gasteiger partial charge in [0.15, 0.2) is 0 Å². The standard InChI is InChI=1S/C20H29N3O4S/c1-15-6-3-4-9-19(15)21-20(25)17-7-5-8-18(14-17)28(26,27)23-12-10-22(11-13-23)16(2)24/h5,7-8,14-15,19H,3-4,6,9-13H2,1-2H3,(H,21,25)/t15-,19-/m0/s1. The van der Waals surface area contributed by atoms with Crippen LogP contribution in [0.4, 0.5) is 0 Å². The number of hydrogen-bond donors (Lipinski definition) is 1. The molecule has 28 heavy (non-hydrogen) atoms. The molecule has 3 rings (SSSR count). The molecule has 8 heteroatoms. The number of carbonyl (C=O) groups excluding carboxylic acids is 2. The molecule has 0 spiro atoms. The van der Waals surface area contributed by atoms with E-state index in [0.29, 0.717) is 24.6 Å². The number of carbonyl (C=O) groups is 2. The third-order valence-electron chi connectivity index (χ3n) is 5.85. The number of rotatable bonds is 4. The highest BCUT2D eigenvalue weighted by Gasteiger charge is 2.30. The predicted molar refractivity (Wildman–Crippen MR) is 106 cm³/mol. The predicted octanol–water partition coefficient (Wildman–Crippen LogP) is 1.85. The Balaban J connectivity index is 1.71. The Morgan fingerprint density at radius 1 is 1.07 bits per heavy atom. The van der Waals surface area contributed by atoms with Crippen LogP contribution in [0.15, 0.2) is 29.2 Å². The van der Waals surface area contributed by atoms with Gasteiger partial charge in [-0.3, -0.25) is 9.59 Å². The molecule has 2 atom stereocenters. The Morgan fingerprint density at radius 2 is 1.75 bits per heavy atom. The first kappa shape index (κ1) is 20.8. The van der Waals surface area contributed by atoms with E-state index in [1.165, 1.54) is 29.8 Å². The monoisotopic (exact) mass is 407 g/mol. The van der Waals surface area contributed by atoms with Gasteiger partial charge in [-0.15, -0.1) is 0 Å². The van der Waals surface area contributed by atoms with Gasteiger partial charge in [-0.1, -0.05) is 25.8 Å². The summed E-state index contributed by atoms with van der Waals surface area (Å²) in [4.78, 5) is 25.9. The summed E-state index contributed by atoms with van der Waals surface area (Å²) in [5.74, 6) is 0.159. The molecule has 0 radical (unpaired) electrons. The van der Waals surface area contributed by atoms with Gasteiger partial charge in [0.2, 0.25) is 15.9 Å². The summed E-state index contributed by atoms with van der Waals surface area (Å²) in [6.07, 6.45) is 4.37. The maximum atomic E-state index is 13.0. The maximum absolute atomic E-state index is 13.0. The lowest BCUT2D eigenvalue weighted by atomic mass is 9.86. The first-order chi connectivity index (χ1) is 13.3. The molecule has 2 amide bonds. The molecule has 1 heterocycles. The molecule has 1 aromatic rings. The van der Waals surface area contributed by atoms with Crippen molar-refractivity contribution >= 4 is 21.8 Å². The van der Waals surface area contributed by atoms with Gasteiger partial charge in [-0.25, -0.2) is 8.42 Å². The normalized spacial score (nSPS) is 24.0. The second-order valence-corrected chi connectivity index (χ2v) is 9.72. The smallest absolute Gasteiger partial charge is 0.251 e. The molecule has 2 fully saturated rings. The zero-order valence-corrected chi connectivity index (χ0v) is 17.4. The Hall–Kier alpha value is -1.93. The summed E-state index contributed by atoms with van der Waals surface area (Å²) in [5.41, 5.74) is 0.362. The number of piperazine rings is 1. The van der Waals surface area contributed by atoms with Crippen LogP contribution in [0.2, 0.25) is 0 Å². The van der Waals surface area contributed by atoms with E-state index in [-0.39, 0.29) is 35.8 Å². The van der Waals surface area contributed by atoms with Crippen molar-refractivity contribution in [3.8, 4) is 0 Å². The van der Waals surface area contributed by atoms with Crippen molar-refractivity contribution in [2.24, 2.45) is 5.92 Å². The van der Waals surface area contributed by atoms with Gasteiger partial charge in [0, 0.05) is 44.7 Å². The minimum Gasteiger partial charge on any atom is -0.349 e. The fourth-order valence-electron chi connectivity index (χ4n) is 3.97. The van der Waals surface area contributed by atoms with E-state index in [4.69, 9.17) is 0 Å². The van der Waals surface area contributed by atoms with Gasteiger partial charge in [0.25, 0.3) is 5.91 Å². The van der Waals surface area contributed by atoms with Crippen LogP contribution in [0.3, 0.4) is 0 Å². The molecule has 0 bridgehead atoms. The van der Waals surface area contributed by atoms with Crippen molar-refractivity contribution in [1.29, 1.82) is 0 Å². The zero-order valence-electron chi connectivity index (χ0n) is 16.6. The highest BCUT2D eigenvalue weighted by Crippen LogP contribution is 2.24. The van der Waals surface area contributed by atoms with Gasteiger partial charge in [0.1, 0.15) is 0 Å². The molecular formula is C20H29N3O4S. The van der Waals surface area contributed by atoms with Crippen molar-refractivity contribution < 1.29 is 18.0 Å². The minimum absolute atomic E-state index is 0.0485. The lowest BCUT2D eigenvalue weighted by Gasteiger charge is -2.33. The Kier molecular flexibility index (Phi) is 6.40. The molecule has 1 aromatic carbocycles. The summed E-state index contributed by atoms with van der Waals surface area (Å²) in [6, 6.07) is 6.37. The molecule has 0 unspecified atom stereocenters. The van der Waals surface area contributed by atoms with E-state index >= 15 is 0 Å². The van der Waals surface area contributed by atoms with Crippen molar-refractivity contribution in [2.45, 2.75) is 50.5 Å². The van der Waals surface area contributed by atoms with E-state index in [0.717, 1.165) is 19.3 Å². The second-order valence-electron chi connectivity index (χ2n) is 7.78. The van der Waals surface area contributed by atoms with Crippen LogP contribution in [0.5, 0.6) is 0 Å². The molecule has 1 aliphatic carbocycles. The van der Waals surface area contributed by atoms with Gasteiger partial charge >= 0.3 is 0 Å². The molecule has 7 nitrogen and oxygen atoms in total. The Morgan fingerprint density at radius 3 is 2.39 bits per heavy atom. The number of nitrogens with one attached hydrogen (secondary N) is 1. The average Bonchev–Trinajstić information content (AvgIpc) is 2.70. The summed E-state index contributed by atoms with van der Waals surface area (Å²) in [6.45, 7) is 4.92. The summed E-state index contributed by atoms with van der Waals surface area (Å²) in [5, 5.41) is 3.07. The Labute approximate surface area is 167 Å². The van der Waals surface area contributed by atoms with Gasteiger partial charge in [-0.05, 0) is 37.0 Å². The highest BCUT2D eigenvalue weighted by atomic mass is 32.2. The van der Waals surface area contributed by atoms with E-state index < -0.39 is 10.0 Å². The third-order valence-corrected chi connectivity index (χ3v) is 7.74. The van der Waals surface area contributed by atoms with Crippen molar-refractivity contribution in [1.82, 2.24) is 14.5 Å². The van der Waals surface area contributed by atoms with Crippen LogP contribution < -0.4 is 5.32 Å². The number of hydrogen-bond acceptors (Lipinski definition) is 4. The number of benzene rings is 1. The summed E-state index contributed by atoms with van der Waals surface area (Å²) < 4.78 is 27.3. The number of nitrogens with zero attached hydrogens (tertiary/aromatic N) is 2. The molecule has 1 saturated heterocycles. The third kappa shape index (κ3) is 4.55. The van der Waals surface area contributed by atoms with Gasteiger partial charge in [0.05, 0.1) is 4.90 Å². The van der Waals surface area contributed by atoms with Crippen molar-refractivity contribution in [3.05, 3.63) is 29.8 Å². The van der Waals surface area contributed by atoms with E-state index in [1.807, 2.05) is 0 Å². The summed E-state index contributed by atoms with van der Waals surface area (Å²) >= 11 is 0. The minimum atomic E-state index is -3.70. The van der Waals surface area contributed by atoms with E-state index in [2.05, 4.69) is 12.2 Å². The molecule has 2 aliphatic rings. The SMILES string of the molecule is CC(=O)N1CCN(S(=O)(=O)c2cccc(C(=O)N[C@H]3CCCC[C@@H]3C)c2)CC1. The molecule has 1 N–H and O–H groups in total. The quantitative estimate of drug-likeness (QED) is 0.825. The van der Waals surface area contributed by atoms with Crippen LogP contribution in [0.1, 0.15) is 49.9 Å². The van der Waals surface area contributed by atoms with Crippen molar-refractivity contribution in [3.63, 3.8) is 0 Å². The first-order valence-corrected chi connectivity index (χ1v) is 11.4. The van der Waals surface area contributed by atoms with Crippen molar-refractivity contribution in [2.75, 3.05) is 26.2 Å². The van der Waals surface area contributed by atoms with Crippen LogP contribution in [-0.4, -0.2) is 61.7 Å². The molecule has 1 aliphatic heterocycles. The molecule has 1 saturated carbocycles. The molecule has 0 aromatic heterocycles. The van der Waals surface area contributed by atoms with Gasteiger partial charge in [-0.2, -0.15) is 4.31 Å². The van der Waals surface area contributed by atoms with E-state index in [9.17, 15) is 18.0 Å². The van der Waals surface area contributed by atoms with Gasteiger partial charge < -0.3 is 10.2 Å². The highest BCUT2D eigenvalue weighted by molar-refractivity contribution is 7.89. The van der Waals surface area contributed by atoms with Crippen LogP contribution in [0, 0.1) is 5.92 Å².